The number of aromatic nitrogens is 2. The second kappa shape index (κ2) is 3.56. The Morgan fingerprint density at radius 3 is 2.93 bits per heavy atom. The van der Waals surface area contributed by atoms with Gasteiger partial charge < -0.3 is 11.1 Å². The molecule has 1 heterocycles. The fourth-order valence-corrected chi connectivity index (χ4v) is 1.82. The maximum atomic E-state index is 11.6. The van der Waals surface area contributed by atoms with E-state index in [1.807, 2.05) is 0 Å². The molecule has 82 valence electrons. The van der Waals surface area contributed by atoms with Gasteiger partial charge in [0.05, 0.1) is 0 Å². The molecule has 0 atom stereocenters. The molecule has 15 heavy (non-hydrogen) atoms. The van der Waals surface area contributed by atoms with Crippen LogP contribution in [-0.2, 0) is 11.3 Å². The first-order chi connectivity index (χ1) is 7.07. The zero-order valence-electron chi connectivity index (χ0n) is 8.86. The van der Waals surface area contributed by atoms with Gasteiger partial charge in [0.15, 0.2) is 0 Å². The number of carbonyl (C=O) groups excluding carboxylic acids is 1. The zero-order valence-corrected chi connectivity index (χ0v) is 8.86. The quantitative estimate of drug-likeness (QED) is 0.760. The molecule has 0 unspecified atom stereocenters. The predicted octanol–water partition coefficient (Wildman–Crippen LogP) is 0.524. The van der Waals surface area contributed by atoms with Gasteiger partial charge in [0.1, 0.15) is 12.4 Å². The molecule has 0 spiro atoms. The van der Waals surface area contributed by atoms with E-state index in [0.717, 1.165) is 12.8 Å². The van der Waals surface area contributed by atoms with E-state index in [1.54, 1.807) is 16.9 Å². The minimum absolute atomic E-state index is 0.000278. The molecule has 5 heteroatoms. The highest BCUT2D eigenvalue weighted by molar-refractivity contribution is 5.76. The smallest absolute Gasteiger partial charge is 0.242 e. The van der Waals surface area contributed by atoms with E-state index in [9.17, 15) is 4.79 Å². The Kier molecular flexibility index (Phi) is 2.38. The summed E-state index contributed by atoms with van der Waals surface area (Å²) in [5.41, 5.74) is 5.46. The molecular weight excluding hydrogens is 192 g/mol. The Balaban J connectivity index is 1.87. The van der Waals surface area contributed by atoms with E-state index in [1.165, 1.54) is 6.42 Å². The largest absolute Gasteiger partial charge is 0.382 e. The van der Waals surface area contributed by atoms with Crippen molar-refractivity contribution in [2.75, 3.05) is 5.73 Å². The number of nitrogens with two attached hydrogens (primary N) is 1. The SMILES string of the molecule is CC1(NC(=O)Cn2ccc(N)n2)CCC1. The lowest BCUT2D eigenvalue weighted by molar-refractivity contribution is -0.124. The van der Waals surface area contributed by atoms with Crippen molar-refractivity contribution in [1.29, 1.82) is 0 Å². The lowest BCUT2D eigenvalue weighted by atomic mass is 9.78. The van der Waals surface area contributed by atoms with Crippen LogP contribution in [0.1, 0.15) is 26.2 Å². The maximum Gasteiger partial charge on any atom is 0.242 e. The monoisotopic (exact) mass is 208 g/mol. The molecule has 1 aliphatic rings. The summed E-state index contributed by atoms with van der Waals surface area (Å²) >= 11 is 0. The minimum atomic E-state index is 0.000278. The molecule has 1 aliphatic carbocycles. The summed E-state index contributed by atoms with van der Waals surface area (Å²) in [4.78, 5) is 11.6. The van der Waals surface area contributed by atoms with Crippen LogP contribution < -0.4 is 11.1 Å². The molecule has 1 aromatic heterocycles. The fourth-order valence-electron chi connectivity index (χ4n) is 1.82. The van der Waals surface area contributed by atoms with Gasteiger partial charge in [-0.1, -0.05) is 0 Å². The van der Waals surface area contributed by atoms with Crippen molar-refractivity contribution in [1.82, 2.24) is 15.1 Å². The summed E-state index contributed by atoms with van der Waals surface area (Å²) in [5.74, 6) is 0.443. The van der Waals surface area contributed by atoms with Gasteiger partial charge in [-0.2, -0.15) is 5.10 Å². The van der Waals surface area contributed by atoms with Crippen molar-refractivity contribution in [3.8, 4) is 0 Å². The Morgan fingerprint density at radius 2 is 2.47 bits per heavy atom. The standard InChI is InChI=1S/C10H16N4O/c1-10(4-2-5-10)12-9(15)7-14-6-3-8(11)13-14/h3,6H,2,4-5,7H2,1H3,(H2,11,13)(H,12,15). The van der Waals surface area contributed by atoms with Crippen molar-refractivity contribution in [3.05, 3.63) is 12.3 Å². The van der Waals surface area contributed by atoms with E-state index in [0.29, 0.717) is 5.82 Å². The third-order valence-corrected chi connectivity index (χ3v) is 2.87. The fraction of sp³-hybridized carbons (Fsp3) is 0.600. The Morgan fingerprint density at radius 1 is 1.73 bits per heavy atom. The third-order valence-electron chi connectivity index (χ3n) is 2.87. The minimum Gasteiger partial charge on any atom is -0.382 e. The molecule has 5 nitrogen and oxygen atoms in total. The average molecular weight is 208 g/mol. The lowest BCUT2D eigenvalue weighted by Crippen LogP contribution is -2.51. The van der Waals surface area contributed by atoms with Crippen LogP contribution >= 0.6 is 0 Å². The first-order valence-electron chi connectivity index (χ1n) is 5.17. The predicted molar refractivity (Wildman–Crippen MR) is 57.0 cm³/mol. The number of hydrogen-bond donors (Lipinski definition) is 2. The summed E-state index contributed by atoms with van der Waals surface area (Å²) in [6.45, 7) is 2.32. The van der Waals surface area contributed by atoms with Crippen LogP contribution in [0.25, 0.3) is 0 Å². The zero-order chi connectivity index (χ0) is 10.9. The Labute approximate surface area is 88.6 Å². The molecule has 1 aromatic rings. The van der Waals surface area contributed by atoms with Crippen LogP contribution in [0, 0.1) is 0 Å². The highest BCUT2D eigenvalue weighted by Crippen LogP contribution is 2.30. The third kappa shape index (κ3) is 2.29. The van der Waals surface area contributed by atoms with Crippen LogP contribution in [0.4, 0.5) is 5.82 Å². The summed E-state index contributed by atoms with van der Waals surface area (Å²) in [6, 6.07) is 1.68. The second-order valence-corrected chi connectivity index (χ2v) is 4.40. The highest BCUT2D eigenvalue weighted by atomic mass is 16.2. The van der Waals surface area contributed by atoms with Gasteiger partial charge in [-0.3, -0.25) is 9.48 Å². The molecule has 0 bridgehead atoms. The molecular formula is C10H16N4O. The van der Waals surface area contributed by atoms with Crippen LogP contribution in [-0.4, -0.2) is 21.2 Å². The summed E-state index contributed by atoms with van der Waals surface area (Å²) < 4.78 is 1.55. The normalized spacial score (nSPS) is 18.2. The first kappa shape index (κ1) is 10.0. The molecule has 3 N–H and O–H groups in total. The highest BCUT2D eigenvalue weighted by Gasteiger charge is 2.32. The Bertz CT molecular complexity index is 367. The number of nitrogens with one attached hydrogen (secondary N) is 1. The summed E-state index contributed by atoms with van der Waals surface area (Å²) in [5, 5.41) is 6.97. The number of carbonyl (C=O) groups is 1. The number of nitrogen functional groups attached to an aromatic ring is 1. The molecule has 0 aliphatic heterocycles. The van der Waals surface area contributed by atoms with E-state index in [2.05, 4.69) is 17.3 Å². The van der Waals surface area contributed by atoms with E-state index < -0.39 is 0 Å². The molecule has 1 saturated carbocycles. The van der Waals surface area contributed by atoms with Crippen LogP contribution in [0.5, 0.6) is 0 Å². The van der Waals surface area contributed by atoms with Crippen molar-refractivity contribution < 1.29 is 4.79 Å². The van der Waals surface area contributed by atoms with Gasteiger partial charge in [-0.25, -0.2) is 0 Å². The molecule has 1 amide bonds. The molecule has 0 saturated heterocycles. The summed E-state index contributed by atoms with van der Waals surface area (Å²) in [7, 11) is 0. The first-order valence-corrected chi connectivity index (χ1v) is 5.17. The van der Waals surface area contributed by atoms with Crippen molar-refractivity contribution >= 4 is 11.7 Å². The van der Waals surface area contributed by atoms with Gasteiger partial charge in [0.25, 0.3) is 0 Å². The van der Waals surface area contributed by atoms with Crippen molar-refractivity contribution in [3.63, 3.8) is 0 Å². The molecule has 2 rings (SSSR count). The van der Waals surface area contributed by atoms with Gasteiger partial charge in [-0.05, 0) is 32.3 Å². The lowest BCUT2D eigenvalue weighted by Gasteiger charge is -2.39. The number of nitrogens with zero attached hydrogens (tertiary/aromatic N) is 2. The van der Waals surface area contributed by atoms with Gasteiger partial charge >= 0.3 is 0 Å². The van der Waals surface area contributed by atoms with E-state index in [-0.39, 0.29) is 18.0 Å². The second-order valence-electron chi connectivity index (χ2n) is 4.40. The van der Waals surface area contributed by atoms with Crippen LogP contribution in [0.3, 0.4) is 0 Å². The number of anilines is 1. The molecule has 0 aromatic carbocycles. The van der Waals surface area contributed by atoms with Crippen LogP contribution in [0.15, 0.2) is 12.3 Å². The van der Waals surface area contributed by atoms with Gasteiger partial charge in [-0.15, -0.1) is 0 Å². The average Bonchev–Trinajstić information content (AvgIpc) is 2.48. The topological polar surface area (TPSA) is 72.9 Å². The van der Waals surface area contributed by atoms with Gasteiger partial charge in [0, 0.05) is 11.7 Å². The van der Waals surface area contributed by atoms with Crippen molar-refractivity contribution in [2.45, 2.75) is 38.3 Å². The van der Waals surface area contributed by atoms with E-state index in [4.69, 9.17) is 5.73 Å². The number of amides is 1. The van der Waals surface area contributed by atoms with E-state index >= 15 is 0 Å². The number of hydrogen-bond acceptors (Lipinski definition) is 3. The van der Waals surface area contributed by atoms with Crippen LogP contribution in [0.2, 0.25) is 0 Å². The molecule has 0 radical (unpaired) electrons. The van der Waals surface area contributed by atoms with Gasteiger partial charge in [0.2, 0.25) is 5.91 Å². The summed E-state index contributed by atoms with van der Waals surface area (Å²) in [6.07, 6.45) is 5.05. The maximum absolute atomic E-state index is 11.6. The Hall–Kier alpha value is -1.52. The van der Waals surface area contributed by atoms with Crippen molar-refractivity contribution in [2.24, 2.45) is 0 Å². The number of rotatable bonds is 3. The molecule has 1 fully saturated rings.